The van der Waals surface area contributed by atoms with E-state index in [-0.39, 0.29) is 11.9 Å². The Kier molecular flexibility index (Phi) is 6.73. The van der Waals surface area contributed by atoms with Gasteiger partial charge in [-0.15, -0.1) is 11.3 Å². The van der Waals surface area contributed by atoms with E-state index in [4.69, 9.17) is 4.74 Å². The first-order valence-electron chi connectivity index (χ1n) is 11.5. The molecular formula is C25H27N5O3S. The van der Waals surface area contributed by atoms with Gasteiger partial charge in [0.2, 0.25) is 0 Å². The number of urea groups is 1. The number of carbonyl (C=O) groups is 2. The molecule has 2 aliphatic heterocycles. The molecule has 5 rings (SSSR count). The van der Waals surface area contributed by atoms with Crippen LogP contribution in [0.15, 0.2) is 60.0 Å². The van der Waals surface area contributed by atoms with E-state index in [0.29, 0.717) is 58.2 Å². The van der Waals surface area contributed by atoms with Gasteiger partial charge in [-0.1, -0.05) is 42.5 Å². The molecule has 0 spiro atoms. The molecule has 34 heavy (non-hydrogen) atoms. The minimum Gasteiger partial charge on any atom is -0.378 e. The Morgan fingerprint density at radius 3 is 2.29 bits per heavy atom. The summed E-state index contributed by atoms with van der Waals surface area (Å²) >= 11 is 1.46. The van der Waals surface area contributed by atoms with Gasteiger partial charge in [-0.25, -0.2) is 9.78 Å². The normalized spacial score (nSPS) is 16.4. The summed E-state index contributed by atoms with van der Waals surface area (Å²) in [5, 5.41) is 5.64. The summed E-state index contributed by atoms with van der Waals surface area (Å²) in [7, 11) is 0. The number of morpholine rings is 1. The van der Waals surface area contributed by atoms with Gasteiger partial charge in [0.15, 0.2) is 0 Å². The number of aromatic nitrogens is 1. The van der Waals surface area contributed by atoms with Crippen LogP contribution in [0.1, 0.15) is 10.5 Å². The number of nitrogens with one attached hydrogen (secondary N) is 1. The molecule has 2 fully saturated rings. The fraction of sp³-hybridized carbons (Fsp3) is 0.320. The van der Waals surface area contributed by atoms with Gasteiger partial charge in [-0.3, -0.25) is 4.79 Å². The molecule has 1 aromatic heterocycles. The Morgan fingerprint density at radius 1 is 0.853 bits per heavy atom. The van der Waals surface area contributed by atoms with Crippen molar-refractivity contribution in [3.05, 3.63) is 65.7 Å². The quantitative estimate of drug-likeness (QED) is 0.621. The maximum Gasteiger partial charge on any atom is 0.320 e. The Bertz CT molecular complexity index is 1140. The molecule has 0 radical (unpaired) electrons. The standard InChI is InChI=1S/C25H27N5O3S/c31-23(21-18-34-24(27-21)19-6-2-1-3-7-19)26-20-8-4-5-9-22(20)28-10-12-29(13-11-28)25(32)30-14-16-33-17-15-30/h1-9,18H,10-17H2,(H,26,31). The van der Waals surface area contributed by atoms with Crippen molar-refractivity contribution in [2.24, 2.45) is 0 Å². The molecule has 3 amide bonds. The largest absolute Gasteiger partial charge is 0.378 e. The van der Waals surface area contributed by atoms with Crippen LogP contribution in [-0.4, -0.2) is 79.2 Å². The molecule has 2 aromatic carbocycles. The monoisotopic (exact) mass is 477 g/mol. The van der Waals surface area contributed by atoms with E-state index < -0.39 is 0 Å². The maximum absolute atomic E-state index is 13.0. The summed E-state index contributed by atoms with van der Waals surface area (Å²) < 4.78 is 5.35. The lowest BCUT2D eigenvalue weighted by atomic mass is 10.2. The third-order valence-corrected chi connectivity index (χ3v) is 6.97. The summed E-state index contributed by atoms with van der Waals surface area (Å²) in [4.78, 5) is 36.3. The lowest BCUT2D eigenvalue weighted by Gasteiger charge is -2.39. The van der Waals surface area contributed by atoms with Crippen molar-refractivity contribution in [2.75, 3.05) is 62.7 Å². The molecule has 3 aromatic rings. The summed E-state index contributed by atoms with van der Waals surface area (Å²) in [6.45, 7) is 5.20. The highest BCUT2D eigenvalue weighted by Crippen LogP contribution is 2.28. The van der Waals surface area contributed by atoms with Crippen molar-refractivity contribution in [3.63, 3.8) is 0 Å². The van der Waals surface area contributed by atoms with E-state index in [2.05, 4.69) is 15.2 Å². The second-order valence-corrected chi connectivity index (χ2v) is 9.09. The van der Waals surface area contributed by atoms with Crippen molar-refractivity contribution in [3.8, 4) is 10.6 Å². The summed E-state index contributed by atoms with van der Waals surface area (Å²) in [5.74, 6) is -0.230. The number of ether oxygens (including phenoxy) is 1. The lowest BCUT2D eigenvalue weighted by molar-refractivity contribution is 0.0428. The van der Waals surface area contributed by atoms with E-state index in [9.17, 15) is 9.59 Å². The smallest absolute Gasteiger partial charge is 0.320 e. The summed E-state index contributed by atoms with van der Waals surface area (Å²) in [6, 6.07) is 17.7. The topological polar surface area (TPSA) is 78.0 Å². The third kappa shape index (κ3) is 4.90. The Balaban J connectivity index is 1.23. The van der Waals surface area contributed by atoms with Crippen LogP contribution in [0.25, 0.3) is 10.6 Å². The highest BCUT2D eigenvalue weighted by Gasteiger charge is 2.27. The van der Waals surface area contributed by atoms with E-state index in [1.807, 2.05) is 64.4 Å². The number of carbonyl (C=O) groups excluding carboxylic acids is 2. The Morgan fingerprint density at radius 2 is 1.53 bits per heavy atom. The molecule has 0 unspecified atom stereocenters. The summed E-state index contributed by atoms with van der Waals surface area (Å²) in [5.41, 5.74) is 3.10. The summed E-state index contributed by atoms with van der Waals surface area (Å²) in [6.07, 6.45) is 0. The molecule has 1 N–H and O–H groups in total. The number of benzene rings is 2. The number of amides is 3. The third-order valence-electron chi connectivity index (χ3n) is 6.08. The zero-order valence-corrected chi connectivity index (χ0v) is 19.7. The van der Waals surface area contributed by atoms with Crippen molar-refractivity contribution in [2.45, 2.75) is 0 Å². The van der Waals surface area contributed by atoms with Crippen LogP contribution >= 0.6 is 11.3 Å². The fourth-order valence-electron chi connectivity index (χ4n) is 4.23. The number of thiazole rings is 1. The predicted molar refractivity (Wildman–Crippen MR) is 134 cm³/mol. The highest BCUT2D eigenvalue weighted by atomic mass is 32.1. The lowest BCUT2D eigenvalue weighted by Crippen LogP contribution is -2.54. The molecule has 2 saturated heterocycles. The first-order chi connectivity index (χ1) is 16.7. The SMILES string of the molecule is O=C(Nc1ccccc1N1CCN(C(=O)N2CCOCC2)CC1)c1csc(-c2ccccc2)n1. The van der Waals surface area contributed by atoms with Crippen molar-refractivity contribution in [1.29, 1.82) is 0 Å². The van der Waals surface area contributed by atoms with Gasteiger partial charge < -0.3 is 24.8 Å². The Hall–Kier alpha value is -3.43. The molecule has 0 bridgehead atoms. The van der Waals surface area contributed by atoms with Gasteiger partial charge in [-0.2, -0.15) is 0 Å². The van der Waals surface area contributed by atoms with Gasteiger partial charge >= 0.3 is 6.03 Å². The maximum atomic E-state index is 13.0. The molecule has 0 saturated carbocycles. The van der Waals surface area contributed by atoms with Gasteiger partial charge in [0.05, 0.1) is 24.6 Å². The van der Waals surface area contributed by atoms with E-state index >= 15 is 0 Å². The van der Waals surface area contributed by atoms with Crippen LogP contribution in [0.4, 0.5) is 16.2 Å². The molecule has 2 aliphatic rings. The van der Waals surface area contributed by atoms with Crippen LogP contribution in [0.5, 0.6) is 0 Å². The first kappa shape index (κ1) is 22.4. The minimum absolute atomic E-state index is 0.0855. The van der Waals surface area contributed by atoms with Crippen LogP contribution in [0.2, 0.25) is 0 Å². The number of rotatable bonds is 4. The van der Waals surface area contributed by atoms with E-state index in [1.165, 1.54) is 11.3 Å². The average molecular weight is 478 g/mol. The predicted octanol–water partition coefficient (Wildman–Crippen LogP) is 3.64. The number of piperazine rings is 1. The highest BCUT2D eigenvalue weighted by molar-refractivity contribution is 7.13. The van der Waals surface area contributed by atoms with Crippen molar-refractivity contribution in [1.82, 2.24) is 14.8 Å². The first-order valence-corrected chi connectivity index (χ1v) is 12.3. The average Bonchev–Trinajstić information content (AvgIpc) is 3.41. The molecule has 3 heterocycles. The van der Waals surface area contributed by atoms with Crippen LogP contribution in [0, 0.1) is 0 Å². The fourth-order valence-corrected chi connectivity index (χ4v) is 5.03. The van der Waals surface area contributed by atoms with Gasteiger partial charge in [-0.05, 0) is 12.1 Å². The van der Waals surface area contributed by atoms with Crippen LogP contribution in [0.3, 0.4) is 0 Å². The number of nitrogens with zero attached hydrogens (tertiary/aromatic N) is 4. The second kappa shape index (κ2) is 10.2. The molecular weight excluding hydrogens is 450 g/mol. The van der Waals surface area contributed by atoms with E-state index in [0.717, 1.165) is 21.9 Å². The zero-order valence-electron chi connectivity index (χ0n) is 18.9. The number of hydrogen-bond acceptors (Lipinski definition) is 6. The molecule has 0 aliphatic carbocycles. The molecule has 0 atom stereocenters. The zero-order chi connectivity index (χ0) is 23.3. The van der Waals surface area contributed by atoms with Crippen LogP contribution in [-0.2, 0) is 4.74 Å². The van der Waals surface area contributed by atoms with Crippen molar-refractivity contribution >= 4 is 34.6 Å². The molecule has 9 heteroatoms. The second-order valence-electron chi connectivity index (χ2n) is 8.23. The van der Waals surface area contributed by atoms with Crippen LogP contribution < -0.4 is 10.2 Å². The number of para-hydroxylation sites is 2. The molecule has 176 valence electrons. The van der Waals surface area contributed by atoms with Crippen molar-refractivity contribution < 1.29 is 14.3 Å². The van der Waals surface area contributed by atoms with Gasteiger partial charge in [0.25, 0.3) is 5.91 Å². The van der Waals surface area contributed by atoms with Gasteiger partial charge in [0.1, 0.15) is 10.7 Å². The van der Waals surface area contributed by atoms with Gasteiger partial charge in [0, 0.05) is 50.2 Å². The Labute approximate surface area is 202 Å². The molecule has 8 nitrogen and oxygen atoms in total. The number of anilines is 2. The minimum atomic E-state index is -0.230. The number of hydrogen-bond donors (Lipinski definition) is 1. The van der Waals surface area contributed by atoms with E-state index in [1.54, 1.807) is 5.38 Å².